The zero-order valence-corrected chi connectivity index (χ0v) is 16.3. The van der Waals surface area contributed by atoms with Gasteiger partial charge in [-0.05, 0) is 24.3 Å². The average Bonchev–Trinajstić information content (AvgIpc) is 2.67. The van der Waals surface area contributed by atoms with E-state index in [1.165, 1.54) is 27.4 Å². The van der Waals surface area contributed by atoms with Crippen molar-refractivity contribution in [3.63, 3.8) is 0 Å². The van der Waals surface area contributed by atoms with Gasteiger partial charge in [0.05, 0.1) is 25.5 Å². The van der Waals surface area contributed by atoms with Gasteiger partial charge in [0.25, 0.3) is 5.91 Å². The molecule has 0 aliphatic rings. The third-order valence-corrected chi connectivity index (χ3v) is 3.64. The van der Waals surface area contributed by atoms with Gasteiger partial charge < -0.3 is 18.9 Å². The van der Waals surface area contributed by atoms with Gasteiger partial charge in [-0.25, -0.2) is 5.43 Å². The number of ether oxygens (including phenoxy) is 4. The molecule has 0 bridgehead atoms. The van der Waals surface area contributed by atoms with Crippen LogP contribution in [0.2, 0.25) is 5.02 Å². The molecule has 0 atom stereocenters. The number of para-hydroxylation sites is 1. The highest BCUT2D eigenvalue weighted by molar-refractivity contribution is 6.32. The molecule has 0 spiro atoms. The molecule has 0 aliphatic heterocycles. The normalized spacial score (nSPS) is 10.4. The molecule has 2 rings (SSSR count). The van der Waals surface area contributed by atoms with Crippen molar-refractivity contribution < 1.29 is 28.5 Å². The fourth-order valence-corrected chi connectivity index (χ4v) is 2.33. The quantitative estimate of drug-likeness (QED) is 0.313. The van der Waals surface area contributed by atoms with Crippen LogP contribution in [0.1, 0.15) is 12.5 Å². The first kappa shape index (κ1) is 21.0. The Kier molecular flexibility index (Phi) is 7.65. The number of rotatable bonds is 8. The van der Waals surface area contributed by atoms with Gasteiger partial charge in [0.1, 0.15) is 5.75 Å². The van der Waals surface area contributed by atoms with E-state index in [1.54, 1.807) is 36.4 Å². The molecule has 0 radical (unpaired) electrons. The molecule has 0 unspecified atom stereocenters. The van der Waals surface area contributed by atoms with E-state index in [4.69, 9.17) is 30.5 Å². The number of amides is 1. The van der Waals surface area contributed by atoms with Crippen LogP contribution in [0.25, 0.3) is 0 Å². The van der Waals surface area contributed by atoms with Crippen LogP contribution >= 0.6 is 11.6 Å². The Bertz CT molecular complexity index is 859. The van der Waals surface area contributed by atoms with Gasteiger partial charge >= 0.3 is 5.97 Å². The molecule has 0 aliphatic carbocycles. The summed E-state index contributed by atoms with van der Waals surface area (Å²) in [6.45, 7) is 1.02. The summed E-state index contributed by atoms with van der Waals surface area (Å²) in [4.78, 5) is 23.1. The second kappa shape index (κ2) is 10.2. The molecular weight excluding hydrogens is 388 g/mol. The molecular formula is C19H19ClN2O6. The zero-order chi connectivity index (χ0) is 20.5. The van der Waals surface area contributed by atoms with Crippen LogP contribution in [0.15, 0.2) is 41.5 Å². The van der Waals surface area contributed by atoms with Crippen molar-refractivity contribution in [3.05, 3.63) is 47.0 Å². The first-order valence-electron chi connectivity index (χ1n) is 8.08. The SMILES string of the molecule is COc1cc(/C=N\NC(=O)COc2ccccc2Cl)cc(OC)c1OC(C)=O. The summed E-state index contributed by atoms with van der Waals surface area (Å²) in [5.41, 5.74) is 2.89. The Morgan fingerprint density at radius 2 is 1.75 bits per heavy atom. The Morgan fingerprint density at radius 1 is 1.11 bits per heavy atom. The number of halogens is 1. The molecule has 0 saturated heterocycles. The van der Waals surface area contributed by atoms with Gasteiger partial charge in [0.15, 0.2) is 18.1 Å². The van der Waals surface area contributed by atoms with Crippen LogP contribution in [0, 0.1) is 0 Å². The Hall–Kier alpha value is -3.26. The summed E-state index contributed by atoms with van der Waals surface area (Å²) in [6.07, 6.45) is 1.38. The van der Waals surface area contributed by atoms with E-state index in [0.717, 1.165) is 0 Å². The lowest BCUT2D eigenvalue weighted by atomic mass is 10.2. The lowest BCUT2D eigenvalue weighted by molar-refractivity contribution is -0.132. The van der Waals surface area contributed by atoms with Gasteiger partial charge in [-0.2, -0.15) is 5.10 Å². The number of nitrogens with zero attached hydrogens (tertiary/aromatic N) is 1. The smallest absolute Gasteiger partial charge is 0.308 e. The average molecular weight is 407 g/mol. The third kappa shape index (κ3) is 5.88. The first-order chi connectivity index (χ1) is 13.4. The Morgan fingerprint density at radius 3 is 2.32 bits per heavy atom. The number of hydrazone groups is 1. The topological polar surface area (TPSA) is 95.5 Å². The summed E-state index contributed by atoms with van der Waals surface area (Å²) in [7, 11) is 2.85. The Labute approximate surface area is 167 Å². The van der Waals surface area contributed by atoms with Gasteiger partial charge in [0.2, 0.25) is 5.75 Å². The highest BCUT2D eigenvalue weighted by Gasteiger charge is 2.15. The van der Waals surface area contributed by atoms with Gasteiger partial charge in [0, 0.05) is 12.5 Å². The van der Waals surface area contributed by atoms with Crippen molar-refractivity contribution in [1.82, 2.24) is 5.43 Å². The van der Waals surface area contributed by atoms with Crippen molar-refractivity contribution in [2.45, 2.75) is 6.92 Å². The lowest BCUT2D eigenvalue weighted by Gasteiger charge is -2.13. The largest absolute Gasteiger partial charge is 0.493 e. The second-order valence-corrected chi connectivity index (χ2v) is 5.77. The minimum Gasteiger partial charge on any atom is -0.493 e. The summed E-state index contributed by atoms with van der Waals surface area (Å²) in [6, 6.07) is 9.98. The summed E-state index contributed by atoms with van der Waals surface area (Å²) in [5, 5.41) is 4.27. The predicted octanol–water partition coefficient (Wildman–Crippen LogP) is 2.81. The molecule has 0 heterocycles. The van der Waals surface area contributed by atoms with Crippen LogP contribution in [0.4, 0.5) is 0 Å². The molecule has 0 aromatic heterocycles. The van der Waals surface area contributed by atoms with Crippen LogP contribution in [-0.2, 0) is 9.59 Å². The number of benzene rings is 2. The fraction of sp³-hybridized carbons (Fsp3) is 0.211. The van der Waals surface area contributed by atoms with Gasteiger partial charge in [-0.1, -0.05) is 23.7 Å². The maximum absolute atomic E-state index is 11.8. The molecule has 0 fully saturated rings. The number of carbonyl (C=O) groups is 2. The highest BCUT2D eigenvalue weighted by Crippen LogP contribution is 2.38. The van der Waals surface area contributed by atoms with Crippen LogP contribution in [-0.4, -0.2) is 38.9 Å². The van der Waals surface area contributed by atoms with E-state index < -0.39 is 11.9 Å². The van der Waals surface area contributed by atoms with Crippen LogP contribution in [0.3, 0.4) is 0 Å². The third-order valence-electron chi connectivity index (χ3n) is 3.33. The van der Waals surface area contributed by atoms with Crippen molar-refractivity contribution in [1.29, 1.82) is 0 Å². The minimum atomic E-state index is -0.510. The molecule has 0 saturated carbocycles. The van der Waals surface area contributed by atoms with Crippen LogP contribution < -0.4 is 24.4 Å². The highest BCUT2D eigenvalue weighted by atomic mass is 35.5. The number of nitrogens with one attached hydrogen (secondary N) is 1. The maximum atomic E-state index is 11.8. The van der Waals surface area contributed by atoms with Gasteiger partial charge in [-0.3, -0.25) is 9.59 Å². The van der Waals surface area contributed by atoms with E-state index in [2.05, 4.69) is 10.5 Å². The molecule has 28 heavy (non-hydrogen) atoms. The number of hydrogen-bond acceptors (Lipinski definition) is 7. The molecule has 8 nitrogen and oxygen atoms in total. The molecule has 9 heteroatoms. The first-order valence-corrected chi connectivity index (χ1v) is 8.46. The van der Waals surface area contributed by atoms with Gasteiger partial charge in [-0.15, -0.1) is 0 Å². The molecule has 2 aromatic carbocycles. The van der Waals surface area contributed by atoms with Crippen molar-refractivity contribution in [3.8, 4) is 23.0 Å². The summed E-state index contributed by atoms with van der Waals surface area (Å²) in [5.74, 6) is 0.148. The van der Waals surface area contributed by atoms with E-state index in [0.29, 0.717) is 16.3 Å². The summed E-state index contributed by atoms with van der Waals surface area (Å²) < 4.78 is 20.9. The van der Waals surface area contributed by atoms with E-state index in [1.807, 2.05) is 0 Å². The Balaban J connectivity index is 2.02. The van der Waals surface area contributed by atoms with E-state index in [9.17, 15) is 9.59 Å². The zero-order valence-electron chi connectivity index (χ0n) is 15.5. The summed E-state index contributed by atoms with van der Waals surface area (Å²) >= 11 is 5.95. The van der Waals surface area contributed by atoms with Crippen LogP contribution in [0.5, 0.6) is 23.0 Å². The molecule has 148 valence electrons. The molecule has 1 N–H and O–H groups in total. The number of carbonyl (C=O) groups excluding carboxylic acids is 2. The predicted molar refractivity (Wildman–Crippen MR) is 104 cm³/mol. The number of hydrogen-bond donors (Lipinski definition) is 1. The maximum Gasteiger partial charge on any atom is 0.308 e. The van der Waals surface area contributed by atoms with Crippen molar-refractivity contribution >= 4 is 29.7 Å². The molecule has 1 amide bonds. The number of methoxy groups -OCH3 is 2. The lowest BCUT2D eigenvalue weighted by Crippen LogP contribution is -2.24. The fourth-order valence-electron chi connectivity index (χ4n) is 2.14. The van der Waals surface area contributed by atoms with Crippen molar-refractivity contribution in [2.24, 2.45) is 5.10 Å². The minimum absolute atomic E-state index is 0.159. The monoisotopic (exact) mass is 406 g/mol. The second-order valence-electron chi connectivity index (χ2n) is 5.36. The standard InChI is InChI=1S/C19H19ClN2O6/c1-12(23)28-19-16(25-2)8-13(9-17(19)26-3)10-21-22-18(24)11-27-15-7-5-4-6-14(15)20/h4-10H,11H2,1-3H3,(H,22,24)/b21-10-. The number of esters is 1. The van der Waals surface area contributed by atoms with E-state index >= 15 is 0 Å². The van der Waals surface area contributed by atoms with Crippen molar-refractivity contribution in [2.75, 3.05) is 20.8 Å². The van der Waals surface area contributed by atoms with E-state index in [-0.39, 0.29) is 23.9 Å². The molecule has 2 aromatic rings.